The van der Waals surface area contributed by atoms with Gasteiger partial charge in [0.25, 0.3) is 0 Å². The first-order valence-electron chi connectivity index (χ1n) is 6.55. The van der Waals surface area contributed by atoms with Gasteiger partial charge in [-0.25, -0.2) is 4.79 Å². The number of hydrogen-bond donors (Lipinski definition) is 4. The number of imidazole rings is 1. The van der Waals surface area contributed by atoms with Gasteiger partial charge in [-0.15, -0.1) is 0 Å². The third-order valence-corrected chi connectivity index (χ3v) is 3.22. The van der Waals surface area contributed by atoms with E-state index < -0.39 is 0 Å². The van der Waals surface area contributed by atoms with Gasteiger partial charge in [0, 0.05) is 18.8 Å². The number of morpholine rings is 1. The van der Waals surface area contributed by atoms with Gasteiger partial charge in [0.2, 0.25) is 5.91 Å². The lowest BCUT2D eigenvalue weighted by molar-refractivity contribution is -0.119. The van der Waals surface area contributed by atoms with Crippen LogP contribution in [-0.2, 0) is 9.53 Å². The molecule has 1 atom stereocenters. The SMILES string of the molecule is O=C(CC1CNCCO1)Nc1ccc2[nH]c(=O)[nH]c2c1. The molecule has 1 saturated heterocycles. The minimum Gasteiger partial charge on any atom is -0.375 e. The zero-order valence-corrected chi connectivity index (χ0v) is 10.9. The highest BCUT2D eigenvalue weighted by Gasteiger charge is 2.17. The predicted octanol–water partition coefficient (Wildman–Crippen LogP) is 0.173. The number of H-pyrrole nitrogens is 2. The fraction of sp³-hybridized carbons (Fsp3) is 0.385. The van der Waals surface area contributed by atoms with E-state index in [1.807, 2.05) is 0 Å². The normalized spacial score (nSPS) is 19.1. The Bertz CT molecular complexity index is 670. The fourth-order valence-electron chi connectivity index (χ4n) is 2.28. The molecule has 7 heteroatoms. The summed E-state index contributed by atoms with van der Waals surface area (Å²) < 4.78 is 5.48. The molecule has 20 heavy (non-hydrogen) atoms. The zero-order chi connectivity index (χ0) is 13.9. The first-order valence-corrected chi connectivity index (χ1v) is 6.55. The van der Waals surface area contributed by atoms with Crippen molar-refractivity contribution in [2.45, 2.75) is 12.5 Å². The summed E-state index contributed by atoms with van der Waals surface area (Å²) in [6, 6.07) is 5.23. The number of nitrogens with one attached hydrogen (secondary N) is 4. The van der Waals surface area contributed by atoms with Gasteiger partial charge in [0.15, 0.2) is 0 Å². The summed E-state index contributed by atoms with van der Waals surface area (Å²) in [7, 11) is 0. The highest BCUT2D eigenvalue weighted by Crippen LogP contribution is 2.15. The third-order valence-electron chi connectivity index (χ3n) is 3.22. The second-order valence-electron chi connectivity index (χ2n) is 4.79. The number of carbonyl (C=O) groups is 1. The molecule has 2 aromatic rings. The van der Waals surface area contributed by atoms with Crippen LogP contribution >= 0.6 is 0 Å². The van der Waals surface area contributed by atoms with Crippen molar-refractivity contribution < 1.29 is 9.53 Å². The molecule has 1 aromatic carbocycles. The van der Waals surface area contributed by atoms with Gasteiger partial charge in [0.05, 0.1) is 30.2 Å². The van der Waals surface area contributed by atoms with E-state index in [2.05, 4.69) is 20.6 Å². The Morgan fingerprint density at radius 3 is 3.00 bits per heavy atom. The van der Waals surface area contributed by atoms with Gasteiger partial charge >= 0.3 is 5.69 Å². The van der Waals surface area contributed by atoms with Crippen LogP contribution in [0.4, 0.5) is 5.69 Å². The summed E-state index contributed by atoms with van der Waals surface area (Å²) in [6.07, 6.45) is 0.230. The predicted molar refractivity (Wildman–Crippen MR) is 74.8 cm³/mol. The summed E-state index contributed by atoms with van der Waals surface area (Å²) in [4.78, 5) is 28.4. The number of benzene rings is 1. The lowest BCUT2D eigenvalue weighted by atomic mass is 10.2. The van der Waals surface area contributed by atoms with E-state index in [0.29, 0.717) is 36.3 Å². The van der Waals surface area contributed by atoms with E-state index in [1.165, 1.54) is 0 Å². The standard InChI is InChI=1S/C13H16N4O3/c18-12(6-9-7-14-3-4-20-9)15-8-1-2-10-11(5-8)17-13(19)16-10/h1-2,5,9,14H,3-4,6-7H2,(H,15,18)(H2,16,17,19). The topological polar surface area (TPSA) is 99.0 Å². The second kappa shape index (κ2) is 5.48. The maximum Gasteiger partial charge on any atom is 0.323 e. The van der Waals surface area contributed by atoms with Crippen LogP contribution in [0.2, 0.25) is 0 Å². The van der Waals surface area contributed by atoms with E-state index in [0.717, 1.165) is 6.54 Å². The zero-order valence-electron chi connectivity index (χ0n) is 10.9. The molecule has 0 spiro atoms. The molecule has 1 unspecified atom stereocenters. The Morgan fingerprint density at radius 1 is 1.35 bits per heavy atom. The first-order chi connectivity index (χ1) is 9.70. The molecule has 0 radical (unpaired) electrons. The number of hydrogen-bond acceptors (Lipinski definition) is 4. The summed E-state index contributed by atoms with van der Waals surface area (Å²) in [6.45, 7) is 2.15. The number of ether oxygens (including phenoxy) is 1. The molecular weight excluding hydrogens is 260 g/mol. The molecule has 1 fully saturated rings. The van der Waals surface area contributed by atoms with E-state index >= 15 is 0 Å². The molecule has 3 rings (SSSR count). The second-order valence-corrected chi connectivity index (χ2v) is 4.79. The number of amides is 1. The minimum atomic E-state index is -0.259. The molecule has 4 N–H and O–H groups in total. The molecule has 0 saturated carbocycles. The average molecular weight is 276 g/mol. The monoisotopic (exact) mass is 276 g/mol. The van der Waals surface area contributed by atoms with Crippen LogP contribution < -0.4 is 16.3 Å². The third kappa shape index (κ3) is 2.89. The van der Waals surface area contributed by atoms with Crippen molar-refractivity contribution >= 4 is 22.6 Å². The largest absolute Gasteiger partial charge is 0.375 e. The van der Waals surface area contributed by atoms with Crippen LogP contribution in [0.1, 0.15) is 6.42 Å². The Labute approximate surface area is 114 Å². The van der Waals surface area contributed by atoms with Gasteiger partial charge in [-0.05, 0) is 18.2 Å². The van der Waals surface area contributed by atoms with Crippen LogP contribution in [-0.4, -0.2) is 41.7 Å². The van der Waals surface area contributed by atoms with Gasteiger partial charge in [-0.3, -0.25) is 4.79 Å². The van der Waals surface area contributed by atoms with Gasteiger partial charge in [-0.1, -0.05) is 0 Å². The molecule has 2 heterocycles. The molecular formula is C13H16N4O3. The van der Waals surface area contributed by atoms with Crippen molar-refractivity contribution in [3.05, 3.63) is 28.7 Å². The molecule has 1 aromatic heterocycles. The quantitative estimate of drug-likeness (QED) is 0.642. The Balaban J connectivity index is 1.65. The van der Waals surface area contributed by atoms with Crippen LogP contribution in [0.3, 0.4) is 0 Å². The van der Waals surface area contributed by atoms with Crippen molar-refractivity contribution in [1.29, 1.82) is 0 Å². The van der Waals surface area contributed by atoms with Crippen molar-refractivity contribution in [1.82, 2.24) is 15.3 Å². The van der Waals surface area contributed by atoms with Crippen molar-refractivity contribution in [2.75, 3.05) is 25.0 Å². The van der Waals surface area contributed by atoms with Crippen molar-refractivity contribution in [2.24, 2.45) is 0 Å². The molecule has 1 amide bonds. The molecule has 106 valence electrons. The minimum absolute atomic E-state index is 0.0838. The molecule has 0 aliphatic carbocycles. The highest BCUT2D eigenvalue weighted by atomic mass is 16.5. The fourth-order valence-corrected chi connectivity index (χ4v) is 2.28. The van der Waals surface area contributed by atoms with E-state index in [1.54, 1.807) is 18.2 Å². The first kappa shape index (κ1) is 12.9. The maximum atomic E-state index is 11.9. The Kier molecular flexibility index (Phi) is 3.53. The number of anilines is 1. The van der Waals surface area contributed by atoms with Crippen LogP contribution in [0, 0.1) is 0 Å². The lowest BCUT2D eigenvalue weighted by Crippen LogP contribution is -2.40. The molecule has 1 aliphatic heterocycles. The maximum absolute atomic E-state index is 11.9. The van der Waals surface area contributed by atoms with Crippen LogP contribution in [0.5, 0.6) is 0 Å². The van der Waals surface area contributed by atoms with Gasteiger partial charge in [0.1, 0.15) is 0 Å². The molecule has 7 nitrogen and oxygen atoms in total. The van der Waals surface area contributed by atoms with Crippen molar-refractivity contribution in [3.8, 4) is 0 Å². The molecule has 0 bridgehead atoms. The van der Waals surface area contributed by atoms with E-state index in [4.69, 9.17) is 4.74 Å². The van der Waals surface area contributed by atoms with Crippen LogP contribution in [0.15, 0.2) is 23.0 Å². The molecule has 1 aliphatic rings. The van der Waals surface area contributed by atoms with E-state index in [-0.39, 0.29) is 17.7 Å². The summed E-state index contributed by atoms with van der Waals surface area (Å²) in [5.41, 5.74) is 1.78. The number of fused-ring (bicyclic) bond motifs is 1. The van der Waals surface area contributed by atoms with Crippen LogP contribution in [0.25, 0.3) is 11.0 Å². The lowest BCUT2D eigenvalue weighted by Gasteiger charge is -2.23. The number of carbonyl (C=O) groups excluding carboxylic acids is 1. The summed E-state index contributed by atoms with van der Waals surface area (Å²) in [5.74, 6) is -0.101. The average Bonchev–Trinajstić information content (AvgIpc) is 2.79. The van der Waals surface area contributed by atoms with Gasteiger partial charge in [-0.2, -0.15) is 0 Å². The van der Waals surface area contributed by atoms with Crippen molar-refractivity contribution in [3.63, 3.8) is 0 Å². The van der Waals surface area contributed by atoms with Gasteiger partial charge < -0.3 is 25.3 Å². The van der Waals surface area contributed by atoms with E-state index in [9.17, 15) is 9.59 Å². The number of rotatable bonds is 3. The number of aromatic nitrogens is 2. The Morgan fingerprint density at radius 2 is 2.20 bits per heavy atom. The Hall–Kier alpha value is -2.12. The summed E-state index contributed by atoms with van der Waals surface area (Å²) >= 11 is 0. The highest BCUT2D eigenvalue weighted by molar-refractivity contribution is 5.93. The summed E-state index contributed by atoms with van der Waals surface area (Å²) in [5, 5.41) is 5.99. The smallest absolute Gasteiger partial charge is 0.323 e. The number of aromatic amines is 2.